The maximum atomic E-state index is 13.5. The van der Waals surface area contributed by atoms with Crippen LogP contribution in [0.2, 0.25) is 0 Å². The van der Waals surface area contributed by atoms with Crippen LogP contribution in [0.3, 0.4) is 0 Å². The van der Waals surface area contributed by atoms with E-state index in [2.05, 4.69) is 10.6 Å². The van der Waals surface area contributed by atoms with E-state index in [0.717, 1.165) is 12.8 Å². The van der Waals surface area contributed by atoms with Gasteiger partial charge in [0, 0.05) is 17.8 Å². The molecule has 0 aromatic heterocycles. The Morgan fingerprint density at radius 2 is 1.48 bits per heavy atom. The van der Waals surface area contributed by atoms with Crippen molar-refractivity contribution in [2.75, 3.05) is 0 Å². The maximum absolute atomic E-state index is 13.5. The molecule has 0 saturated heterocycles. The van der Waals surface area contributed by atoms with Crippen molar-refractivity contribution in [3.63, 3.8) is 0 Å². The SMILES string of the molecule is O=C(N/C=C/c1ccccc1F)NC1CCCCCCCCCCC1. The minimum atomic E-state index is -0.291. The summed E-state index contributed by atoms with van der Waals surface area (Å²) in [6.07, 6.45) is 16.7. The molecule has 1 fully saturated rings. The largest absolute Gasteiger partial charge is 0.335 e. The van der Waals surface area contributed by atoms with Gasteiger partial charge in [-0.1, -0.05) is 76.0 Å². The average molecular weight is 346 g/mol. The number of hydrogen-bond acceptors (Lipinski definition) is 1. The lowest BCUT2D eigenvalue weighted by atomic mass is 9.98. The third kappa shape index (κ3) is 8.19. The molecular weight excluding hydrogens is 315 g/mol. The summed E-state index contributed by atoms with van der Waals surface area (Å²) in [7, 11) is 0. The van der Waals surface area contributed by atoms with E-state index in [1.807, 2.05) is 0 Å². The molecule has 0 aliphatic heterocycles. The number of hydrogen-bond donors (Lipinski definition) is 2. The second kappa shape index (κ2) is 11.7. The number of benzene rings is 1. The van der Waals surface area contributed by atoms with E-state index in [1.54, 1.807) is 24.3 Å². The summed E-state index contributed by atoms with van der Waals surface area (Å²) in [6, 6.07) is 6.54. The number of rotatable bonds is 3. The van der Waals surface area contributed by atoms with E-state index < -0.39 is 0 Å². The van der Waals surface area contributed by atoms with Crippen LogP contribution < -0.4 is 10.6 Å². The molecule has 25 heavy (non-hydrogen) atoms. The molecule has 2 rings (SSSR count). The van der Waals surface area contributed by atoms with Crippen molar-refractivity contribution in [3.05, 3.63) is 41.8 Å². The number of carbonyl (C=O) groups excluding carboxylic acids is 1. The molecule has 1 saturated carbocycles. The van der Waals surface area contributed by atoms with Gasteiger partial charge in [0.15, 0.2) is 0 Å². The quantitative estimate of drug-likeness (QED) is 0.717. The first-order valence-electron chi connectivity index (χ1n) is 9.74. The molecule has 2 N–H and O–H groups in total. The molecule has 0 radical (unpaired) electrons. The molecular formula is C21H31FN2O. The van der Waals surface area contributed by atoms with E-state index >= 15 is 0 Å². The first-order chi connectivity index (χ1) is 12.3. The van der Waals surface area contributed by atoms with Crippen LogP contribution in [0.1, 0.15) is 76.2 Å². The van der Waals surface area contributed by atoms with Gasteiger partial charge in [0.05, 0.1) is 0 Å². The first kappa shape index (κ1) is 19.5. The Morgan fingerprint density at radius 1 is 0.920 bits per heavy atom. The Labute approximate surface area is 151 Å². The number of amides is 2. The molecule has 0 spiro atoms. The minimum absolute atomic E-state index is 0.204. The predicted octanol–water partition coefficient (Wildman–Crippen LogP) is 5.77. The van der Waals surface area contributed by atoms with Crippen molar-refractivity contribution in [2.24, 2.45) is 0 Å². The molecule has 3 nitrogen and oxygen atoms in total. The standard InChI is InChI=1S/C21H31FN2O/c22-20-15-11-10-12-18(20)16-17-23-21(25)24-19-13-8-6-4-2-1-3-5-7-9-14-19/h10-12,15-17,19H,1-9,13-14H2,(H2,23,24,25)/b17-16+. The van der Waals surface area contributed by atoms with Crippen LogP contribution in [0.25, 0.3) is 6.08 Å². The van der Waals surface area contributed by atoms with Crippen molar-refractivity contribution < 1.29 is 9.18 Å². The summed E-state index contributed by atoms with van der Waals surface area (Å²) in [5, 5.41) is 5.77. The molecule has 1 aliphatic carbocycles. The number of carbonyl (C=O) groups is 1. The van der Waals surface area contributed by atoms with Crippen LogP contribution in [0.4, 0.5) is 9.18 Å². The number of nitrogens with one attached hydrogen (secondary N) is 2. The van der Waals surface area contributed by atoms with Crippen LogP contribution in [-0.4, -0.2) is 12.1 Å². The van der Waals surface area contributed by atoms with Crippen LogP contribution in [0.5, 0.6) is 0 Å². The summed E-state index contributed by atoms with van der Waals surface area (Å²) >= 11 is 0. The predicted molar refractivity (Wildman–Crippen MR) is 102 cm³/mol. The second-order valence-electron chi connectivity index (χ2n) is 6.93. The molecule has 2 amide bonds. The topological polar surface area (TPSA) is 41.1 Å². The fraction of sp³-hybridized carbons (Fsp3) is 0.571. The number of urea groups is 1. The van der Waals surface area contributed by atoms with Crippen LogP contribution in [0, 0.1) is 5.82 Å². The first-order valence-corrected chi connectivity index (χ1v) is 9.74. The Balaban J connectivity index is 1.77. The van der Waals surface area contributed by atoms with E-state index in [0.29, 0.717) is 5.56 Å². The molecule has 1 aromatic carbocycles. The highest BCUT2D eigenvalue weighted by Gasteiger charge is 2.11. The number of halogens is 1. The molecule has 138 valence electrons. The highest BCUT2D eigenvalue weighted by Crippen LogP contribution is 2.17. The van der Waals surface area contributed by atoms with Gasteiger partial charge in [0.25, 0.3) is 0 Å². The van der Waals surface area contributed by atoms with E-state index in [-0.39, 0.29) is 17.9 Å². The Bertz CT molecular complexity index is 532. The normalized spacial score (nSPS) is 18.3. The average Bonchev–Trinajstić information content (AvgIpc) is 2.59. The maximum Gasteiger partial charge on any atom is 0.318 e. The van der Waals surface area contributed by atoms with Crippen molar-refractivity contribution in [1.29, 1.82) is 0 Å². The Kier molecular flexibility index (Phi) is 9.09. The van der Waals surface area contributed by atoms with Gasteiger partial charge < -0.3 is 10.6 Å². The van der Waals surface area contributed by atoms with Crippen molar-refractivity contribution in [1.82, 2.24) is 10.6 Å². The summed E-state index contributed by atoms with van der Waals surface area (Å²) in [5.41, 5.74) is 0.466. The van der Waals surface area contributed by atoms with Crippen molar-refractivity contribution in [2.45, 2.75) is 76.7 Å². The van der Waals surface area contributed by atoms with Gasteiger partial charge >= 0.3 is 6.03 Å². The molecule has 0 unspecified atom stereocenters. The zero-order chi connectivity index (χ0) is 17.7. The summed E-state index contributed by atoms with van der Waals surface area (Å²) in [6.45, 7) is 0. The molecule has 0 heterocycles. The summed E-state index contributed by atoms with van der Waals surface area (Å²) in [4.78, 5) is 12.1. The molecule has 1 aliphatic rings. The van der Waals surface area contributed by atoms with E-state index in [9.17, 15) is 9.18 Å². The molecule has 4 heteroatoms. The zero-order valence-electron chi connectivity index (χ0n) is 15.1. The monoisotopic (exact) mass is 346 g/mol. The Hall–Kier alpha value is -1.84. The minimum Gasteiger partial charge on any atom is -0.335 e. The van der Waals surface area contributed by atoms with Crippen molar-refractivity contribution >= 4 is 12.1 Å². The lowest BCUT2D eigenvalue weighted by molar-refractivity contribution is 0.238. The van der Waals surface area contributed by atoms with Gasteiger partial charge in [-0.2, -0.15) is 0 Å². The van der Waals surface area contributed by atoms with Gasteiger partial charge in [0.1, 0.15) is 5.82 Å². The zero-order valence-corrected chi connectivity index (χ0v) is 15.1. The van der Waals surface area contributed by atoms with Crippen molar-refractivity contribution in [3.8, 4) is 0 Å². The highest BCUT2D eigenvalue weighted by atomic mass is 19.1. The fourth-order valence-corrected chi connectivity index (χ4v) is 3.35. The van der Waals surface area contributed by atoms with Crippen LogP contribution >= 0.6 is 0 Å². The molecule has 1 aromatic rings. The Morgan fingerprint density at radius 3 is 2.08 bits per heavy atom. The smallest absolute Gasteiger partial charge is 0.318 e. The van der Waals surface area contributed by atoms with Gasteiger partial charge in [-0.25, -0.2) is 9.18 Å². The molecule has 0 bridgehead atoms. The van der Waals surface area contributed by atoms with Gasteiger partial charge in [0.2, 0.25) is 0 Å². The van der Waals surface area contributed by atoms with Gasteiger partial charge in [-0.3, -0.25) is 0 Å². The van der Waals surface area contributed by atoms with Crippen LogP contribution in [-0.2, 0) is 0 Å². The van der Waals surface area contributed by atoms with Gasteiger partial charge in [-0.05, 0) is 25.0 Å². The fourth-order valence-electron chi connectivity index (χ4n) is 3.35. The third-order valence-electron chi connectivity index (χ3n) is 4.82. The van der Waals surface area contributed by atoms with Crippen LogP contribution in [0.15, 0.2) is 30.5 Å². The third-order valence-corrected chi connectivity index (χ3v) is 4.82. The summed E-state index contributed by atoms with van der Waals surface area (Å²) < 4.78 is 13.5. The van der Waals surface area contributed by atoms with E-state index in [4.69, 9.17) is 0 Å². The van der Waals surface area contributed by atoms with E-state index in [1.165, 1.54) is 70.1 Å². The summed E-state index contributed by atoms with van der Waals surface area (Å²) in [5.74, 6) is -0.291. The second-order valence-corrected chi connectivity index (χ2v) is 6.93. The lowest BCUT2D eigenvalue weighted by Crippen LogP contribution is -2.40. The van der Waals surface area contributed by atoms with Gasteiger partial charge in [-0.15, -0.1) is 0 Å². The lowest BCUT2D eigenvalue weighted by Gasteiger charge is -2.19. The molecule has 0 atom stereocenters. The highest BCUT2D eigenvalue weighted by molar-refractivity contribution is 5.76.